The van der Waals surface area contributed by atoms with Crippen molar-refractivity contribution in [3.63, 3.8) is 0 Å². The third-order valence-electron chi connectivity index (χ3n) is 2.78. The maximum atomic E-state index is 11.9. The summed E-state index contributed by atoms with van der Waals surface area (Å²) in [5.41, 5.74) is 1.82. The van der Waals surface area contributed by atoms with Crippen molar-refractivity contribution in [2.45, 2.75) is 33.2 Å². The molecule has 0 heterocycles. The van der Waals surface area contributed by atoms with E-state index >= 15 is 0 Å². The Morgan fingerprint density at radius 2 is 2.06 bits per heavy atom. The summed E-state index contributed by atoms with van der Waals surface area (Å²) >= 11 is 0. The van der Waals surface area contributed by atoms with E-state index in [4.69, 9.17) is 0 Å². The average Bonchev–Trinajstić information content (AvgIpc) is 2.34. The highest BCUT2D eigenvalue weighted by Crippen LogP contribution is 2.23. The second-order valence-electron chi connectivity index (χ2n) is 4.33. The van der Waals surface area contributed by atoms with Crippen molar-refractivity contribution in [1.29, 1.82) is 0 Å². The summed E-state index contributed by atoms with van der Waals surface area (Å²) in [7, 11) is 0. The van der Waals surface area contributed by atoms with Crippen molar-refractivity contribution in [2.24, 2.45) is 0 Å². The lowest BCUT2D eigenvalue weighted by Crippen LogP contribution is -2.32. The van der Waals surface area contributed by atoms with Gasteiger partial charge >= 0.3 is 0 Å². The summed E-state index contributed by atoms with van der Waals surface area (Å²) in [6, 6.07) is 8.14. The molecular weight excluding hydrogens is 210 g/mol. The number of benzene rings is 1. The summed E-state index contributed by atoms with van der Waals surface area (Å²) in [6.07, 6.45) is 2.41. The number of para-hydroxylation sites is 1. The first kappa shape index (κ1) is 13.5. The number of Topliss-reactive ketones (excluding diaryl/α,β-unsaturated/α-hetero) is 1. The first-order chi connectivity index (χ1) is 8.11. The monoisotopic (exact) mass is 231 g/mol. The zero-order valence-electron chi connectivity index (χ0n) is 10.9. The van der Waals surface area contributed by atoms with Crippen LogP contribution in [0, 0.1) is 0 Å². The molecule has 0 unspecified atom stereocenters. The molecule has 2 nitrogen and oxygen atoms in total. The predicted octanol–water partition coefficient (Wildman–Crippen LogP) is 3.68. The van der Waals surface area contributed by atoms with Gasteiger partial charge in [0.15, 0.2) is 5.78 Å². The Hall–Kier alpha value is -1.57. The maximum Gasteiger partial charge on any atom is 0.164 e. The van der Waals surface area contributed by atoms with Crippen LogP contribution in [-0.2, 0) is 0 Å². The molecule has 0 aliphatic rings. The summed E-state index contributed by atoms with van der Waals surface area (Å²) in [4.78, 5) is 14.1. The van der Waals surface area contributed by atoms with Crippen LogP contribution in [0.25, 0.3) is 0 Å². The lowest BCUT2D eigenvalue weighted by Gasteiger charge is -2.29. The van der Waals surface area contributed by atoms with Crippen molar-refractivity contribution in [3.8, 4) is 0 Å². The Morgan fingerprint density at radius 1 is 1.41 bits per heavy atom. The van der Waals surface area contributed by atoms with Gasteiger partial charge in [-0.15, -0.1) is 6.58 Å². The molecule has 0 saturated heterocycles. The molecule has 1 aromatic carbocycles. The van der Waals surface area contributed by atoms with Gasteiger partial charge in [0.05, 0.1) is 0 Å². The molecule has 0 atom stereocenters. The average molecular weight is 231 g/mol. The van der Waals surface area contributed by atoms with E-state index in [0.717, 1.165) is 17.8 Å². The fourth-order valence-corrected chi connectivity index (χ4v) is 1.88. The number of nitrogens with zero attached hydrogens (tertiary/aromatic N) is 1. The van der Waals surface area contributed by atoms with E-state index in [0.29, 0.717) is 12.5 Å². The van der Waals surface area contributed by atoms with E-state index in [1.165, 1.54) is 0 Å². The quantitative estimate of drug-likeness (QED) is 0.550. The molecule has 0 aliphatic carbocycles. The third kappa shape index (κ3) is 3.19. The first-order valence-corrected chi connectivity index (χ1v) is 6.11. The molecule has 0 aromatic heterocycles. The maximum absolute atomic E-state index is 11.9. The smallest absolute Gasteiger partial charge is 0.164 e. The van der Waals surface area contributed by atoms with Crippen LogP contribution >= 0.6 is 0 Å². The van der Waals surface area contributed by atoms with Crippen molar-refractivity contribution in [3.05, 3.63) is 42.5 Å². The Bertz CT molecular complexity index is 396. The van der Waals surface area contributed by atoms with Gasteiger partial charge in [0.25, 0.3) is 0 Å². The molecule has 0 saturated carbocycles. The SMILES string of the molecule is C=CCN(c1ccccc1C(=O)CC)C(C)C. The van der Waals surface area contributed by atoms with Gasteiger partial charge in [0.1, 0.15) is 0 Å². The number of hydrogen-bond acceptors (Lipinski definition) is 2. The van der Waals surface area contributed by atoms with Gasteiger partial charge in [-0.1, -0.05) is 25.1 Å². The van der Waals surface area contributed by atoms with Crippen molar-refractivity contribution in [2.75, 3.05) is 11.4 Å². The minimum atomic E-state index is 0.190. The minimum Gasteiger partial charge on any atom is -0.365 e. The summed E-state index contributed by atoms with van der Waals surface area (Å²) < 4.78 is 0. The molecule has 2 heteroatoms. The molecule has 0 radical (unpaired) electrons. The standard InChI is InChI=1S/C15H21NO/c1-5-11-16(12(3)4)14-10-8-7-9-13(14)15(17)6-2/h5,7-10,12H,1,6,11H2,2-4H3. The molecule has 0 N–H and O–H groups in total. The number of carbonyl (C=O) groups is 1. The van der Waals surface area contributed by atoms with Crippen molar-refractivity contribution < 1.29 is 4.79 Å². The number of carbonyl (C=O) groups excluding carboxylic acids is 1. The highest BCUT2D eigenvalue weighted by molar-refractivity contribution is 6.01. The molecular formula is C15H21NO. The largest absolute Gasteiger partial charge is 0.365 e. The van der Waals surface area contributed by atoms with Gasteiger partial charge in [-0.3, -0.25) is 4.79 Å². The van der Waals surface area contributed by atoms with E-state index in [9.17, 15) is 4.79 Å². The lowest BCUT2D eigenvalue weighted by molar-refractivity contribution is 0.0988. The van der Waals surface area contributed by atoms with Crippen LogP contribution in [0.2, 0.25) is 0 Å². The second-order valence-corrected chi connectivity index (χ2v) is 4.33. The van der Waals surface area contributed by atoms with Crippen LogP contribution in [0.4, 0.5) is 5.69 Å². The molecule has 92 valence electrons. The minimum absolute atomic E-state index is 0.190. The van der Waals surface area contributed by atoms with Crippen LogP contribution in [0.15, 0.2) is 36.9 Å². The summed E-state index contributed by atoms with van der Waals surface area (Å²) in [6.45, 7) is 10.7. The molecule has 0 spiro atoms. The molecule has 1 rings (SSSR count). The van der Waals surface area contributed by atoms with E-state index in [2.05, 4.69) is 25.3 Å². The highest BCUT2D eigenvalue weighted by atomic mass is 16.1. The van der Waals surface area contributed by atoms with Crippen LogP contribution < -0.4 is 4.90 Å². The normalized spacial score (nSPS) is 10.4. The Kier molecular flexibility index (Phi) is 4.95. The van der Waals surface area contributed by atoms with E-state index < -0.39 is 0 Å². The van der Waals surface area contributed by atoms with Crippen molar-refractivity contribution >= 4 is 11.5 Å². The Balaban J connectivity index is 3.17. The van der Waals surface area contributed by atoms with Gasteiger partial charge in [-0.05, 0) is 26.0 Å². The van der Waals surface area contributed by atoms with Crippen LogP contribution in [0.5, 0.6) is 0 Å². The Morgan fingerprint density at radius 3 is 2.59 bits per heavy atom. The number of rotatable bonds is 6. The molecule has 1 aromatic rings. The molecule has 0 aliphatic heterocycles. The fourth-order valence-electron chi connectivity index (χ4n) is 1.88. The summed E-state index contributed by atoms with van der Waals surface area (Å²) in [5.74, 6) is 0.190. The zero-order valence-corrected chi connectivity index (χ0v) is 10.9. The second kappa shape index (κ2) is 6.24. The summed E-state index contributed by atoms with van der Waals surface area (Å²) in [5, 5.41) is 0. The third-order valence-corrected chi connectivity index (χ3v) is 2.78. The zero-order chi connectivity index (χ0) is 12.8. The number of anilines is 1. The van der Waals surface area contributed by atoms with E-state index in [-0.39, 0.29) is 5.78 Å². The van der Waals surface area contributed by atoms with Crippen LogP contribution in [0.3, 0.4) is 0 Å². The van der Waals surface area contributed by atoms with Crippen LogP contribution in [0.1, 0.15) is 37.6 Å². The van der Waals surface area contributed by atoms with Gasteiger partial charge in [0, 0.05) is 30.3 Å². The molecule has 0 fully saturated rings. The molecule has 0 bridgehead atoms. The van der Waals surface area contributed by atoms with E-state index in [1.807, 2.05) is 37.3 Å². The lowest BCUT2D eigenvalue weighted by atomic mass is 10.0. The fraction of sp³-hybridized carbons (Fsp3) is 0.400. The number of hydrogen-bond donors (Lipinski definition) is 0. The van der Waals surface area contributed by atoms with Gasteiger partial charge in [-0.25, -0.2) is 0 Å². The van der Waals surface area contributed by atoms with Gasteiger partial charge < -0.3 is 4.90 Å². The molecule has 17 heavy (non-hydrogen) atoms. The Labute approximate surface area is 104 Å². The van der Waals surface area contributed by atoms with Gasteiger partial charge in [0.2, 0.25) is 0 Å². The van der Waals surface area contributed by atoms with E-state index in [1.54, 1.807) is 0 Å². The van der Waals surface area contributed by atoms with Gasteiger partial charge in [-0.2, -0.15) is 0 Å². The first-order valence-electron chi connectivity index (χ1n) is 6.11. The van der Waals surface area contributed by atoms with Crippen LogP contribution in [-0.4, -0.2) is 18.4 Å². The van der Waals surface area contributed by atoms with Crippen molar-refractivity contribution in [1.82, 2.24) is 0 Å². The topological polar surface area (TPSA) is 20.3 Å². The molecule has 0 amide bonds. The predicted molar refractivity (Wildman–Crippen MR) is 73.7 cm³/mol. The number of ketones is 1. The highest BCUT2D eigenvalue weighted by Gasteiger charge is 2.16.